The van der Waals surface area contributed by atoms with Gasteiger partial charge in [-0.05, 0) is 46.4 Å². The Labute approximate surface area is 153 Å². The van der Waals surface area contributed by atoms with Gasteiger partial charge < -0.3 is 9.84 Å². The van der Waals surface area contributed by atoms with Crippen LogP contribution < -0.4 is 4.74 Å². The number of benzene rings is 3. The Kier molecular flexibility index (Phi) is 5.18. The van der Waals surface area contributed by atoms with Crippen LogP contribution in [0.1, 0.15) is 16.7 Å². The Balaban J connectivity index is 2.03. The first-order valence-electron chi connectivity index (χ1n) is 8.34. The largest absolute Gasteiger partial charge is 0.496 e. The van der Waals surface area contributed by atoms with E-state index in [1.165, 1.54) is 6.08 Å². The average molecular weight is 344 g/mol. The second-order valence-corrected chi connectivity index (χ2v) is 6.02. The number of carbonyl (C=O) groups is 1. The average Bonchev–Trinajstić information content (AvgIpc) is 2.67. The zero-order chi connectivity index (χ0) is 18.5. The molecule has 1 N–H and O–H groups in total. The first kappa shape index (κ1) is 17.5. The first-order chi connectivity index (χ1) is 12.6. The lowest BCUT2D eigenvalue weighted by Crippen LogP contribution is -1.96. The number of ether oxygens (including phenoxy) is 1. The van der Waals surface area contributed by atoms with E-state index in [-0.39, 0.29) is 0 Å². The van der Waals surface area contributed by atoms with E-state index in [0.29, 0.717) is 5.57 Å². The highest BCUT2D eigenvalue weighted by Gasteiger charge is 2.10. The third-order valence-electron chi connectivity index (χ3n) is 4.29. The monoisotopic (exact) mass is 344 g/mol. The minimum absolute atomic E-state index is 0.649. The summed E-state index contributed by atoms with van der Waals surface area (Å²) in [6, 6.07) is 23.7. The fraction of sp³-hybridized carbons (Fsp3) is 0.0870. The number of aliphatic carboxylic acids is 1. The summed E-state index contributed by atoms with van der Waals surface area (Å²) in [4.78, 5) is 11.4. The van der Waals surface area contributed by atoms with Crippen LogP contribution in [0.5, 0.6) is 5.75 Å². The molecule has 0 fully saturated rings. The first-order valence-corrected chi connectivity index (χ1v) is 8.34. The molecule has 0 saturated carbocycles. The number of hydrogen-bond donors (Lipinski definition) is 1. The minimum atomic E-state index is -0.980. The molecule has 0 aromatic heterocycles. The van der Waals surface area contributed by atoms with Crippen LogP contribution in [0.2, 0.25) is 0 Å². The van der Waals surface area contributed by atoms with Gasteiger partial charge in [0.2, 0.25) is 0 Å². The lowest BCUT2D eigenvalue weighted by molar-refractivity contribution is -0.131. The van der Waals surface area contributed by atoms with E-state index in [0.717, 1.165) is 33.6 Å². The molecule has 0 amide bonds. The zero-order valence-electron chi connectivity index (χ0n) is 14.8. The van der Waals surface area contributed by atoms with Crippen LogP contribution in [0.25, 0.3) is 16.7 Å². The zero-order valence-corrected chi connectivity index (χ0v) is 14.8. The number of methoxy groups -OCH3 is 1. The van der Waals surface area contributed by atoms with Crippen LogP contribution >= 0.6 is 0 Å². The standard InChI is InChI=1S/C23H20O3/c1-16-8-9-20(14-22(16)26-2)21(15-23(24)25)19-12-10-18(11-13-19)17-6-4-3-5-7-17/h3-15H,1-2H3,(H,24,25)/b21-15-. The van der Waals surface area contributed by atoms with E-state index in [1.807, 2.05) is 79.7 Å². The number of rotatable bonds is 5. The van der Waals surface area contributed by atoms with Crippen LogP contribution in [0, 0.1) is 6.92 Å². The molecule has 3 heteroatoms. The van der Waals surface area contributed by atoms with Crippen molar-refractivity contribution in [2.45, 2.75) is 6.92 Å². The van der Waals surface area contributed by atoms with E-state index in [2.05, 4.69) is 0 Å². The van der Waals surface area contributed by atoms with Crippen molar-refractivity contribution in [2.24, 2.45) is 0 Å². The van der Waals surface area contributed by atoms with E-state index in [1.54, 1.807) is 7.11 Å². The van der Waals surface area contributed by atoms with Crippen LogP contribution in [0.15, 0.2) is 78.9 Å². The van der Waals surface area contributed by atoms with Crippen molar-refractivity contribution in [1.29, 1.82) is 0 Å². The van der Waals surface area contributed by atoms with Gasteiger partial charge in [-0.25, -0.2) is 4.79 Å². The van der Waals surface area contributed by atoms with Crippen LogP contribution in [0.4, 0.5) is 0 Å². The molecule has 0 radical (unpaired) electrons. The Morgan fingerprint density at radius 3 is 2.12 bits per heavy atom. The lowest BCUT2D eigenvalue weighted by atomic mass is 9.94. The summed E-state index contributed by atoms with van der Waals surface area (Å²) in [5, 5.41) is 9.31. The number of carboxylic acids is 1. The van der Waals surface area contributed by atoms with Gasteiger partial charge >= 0.3 is 5.97 Å². The normalized spacial score (nSPS) is 11.2. The molecule has 130 valence electrons. The van der Waals surface area contributed by atoms with Gasteiger partial charge in [0.15, 0.2) is 0 Å². The van der Waals surface area contributed by atoms with Crippen molar-refractivity contribution in [3.05, 3.63) is 95.6 Å². The molecule has 3 aromatic carbocycles. The highest BCUT2D eigenvalue weighted by atomic mass is 16.5. The van der Waals surface area contributed by atoms with E-state index >= 15 is 0 Å². The molecule has 0 heterocycles. The highest BCUT2D eigenvalue weighted by molar-refractivity contribution is 5.95. The van der Waals surface area contributed by atoms with Crippen molar-refractivity contribution in [3.8, 4) is 16.9 Å². The lowest BCUT2D eigenvalue weighted by Gasteiger charge is -2.12. The van der Waals surface area contributed by atoms with E-state index in [4.69, 9.17) is 4.74 Å². The van der Waals surface area contributed by atoms with Crippen molar-refractivity contribution in [3.63, 3.8) is 0 Å². The fourth-order valence-electron chi connectivity index (χ4n) is 2.92. The molecule has 0 aliphatic rings. The molecule has 0 saturated heterocycles. The SMILES string of the molecule is COc1cc(/C(=C\C(=O)O)c2ccc(-c3ccccc3)cc2)ccc1C. The second-order valence-electron chi connectivity index (χ2n) is 6.02. The van der Waals surface area contributed by atoms with Gasteiger partial charge in [-0.3, -0.25) is 0 Å². The van der Waals surface area contributed by atoms with Gasteiger partial charge in [0.25, 0.3) is 0 Å². The van der Waals surface area contributed by atoms with Crippen molar-refractivity contribution in [1.82, 2.24) is 0 Å². The predicted molar refractivity (Wildman–Crippen MR) is 104 cm³/mol. The van der Waals surface area contributed by atoms with Gasteiger partial charge in [0.1, 0.15) is 5.75 Å². The molecule has 0 aliphatic carbocycles. The number of hydrogen-bond acceptors (Lipinski definition) is 2. The molecule has 0 atom stereocenters. The Bertz CT molecular complexity index is 939. The Hall–Kier alpha value is -3.33. The third kappa shape index (κ3) is 3.83. The molecular formula is C23H20O3. The molecule has 0 spiro atoms. The molecule has 3 aromatic rings. The van der Waals surface area contributed by atoms with Crippen molar-refractivity contribution in [2.75, 3.05) is 7.11 Å². The van der Waals surface area contributed by atoms with Gasteiger partial charge in [-0.1, -0.05) is 66.7 Å². The summed E-state index contributed by atoms with van der Waals surface area (Å²) in [5.74, 6) is -0.244. The molecular weight excluding hydrogens is 324 g/mol. The molecule has 26 heavy (non-hydrogen) atoms. The molecule has 0 bridgehead atoms. The number of aryl methyl sites for hydroxylation is 1. The topological polar surface area (TPSA) is 46.5 Å². The molecule has 0 unspecified atom stereocenters. The summed E-state index contributed by atoms with van der Waals surface area (Å²) < 4.78 is 5.38. The fourth-order valence-corrected chi connectivity index (χ4v) is 2.92. The summed E-state index contributed by atoms with van der Waals surface area (Å²) in [6.07, 6.45) is 1.24. The molecule has 0 aliphatic heterocycles. The maximum atomic E-state index is 11.4. The third-order valence-corrected chi connectivity index (χ3v) is 4.29. The summed E-state index contributed by atoms with van der Waals surface area (Å²) >= 11 is 0. The Morgan fingerprint density at radius 1 is 0.885 bits per heavy atom. The predicted octanol–water partition coefficient (Wildman–Crippen LogP) is 5.19. The quantitative estimate of drug-likeness (QED) is 0.648. The van der Waals surface area contributed by atoms with Crippen molar-refractivity contribution >= 4 is 11.5 Å². The maximum Gasteiger partial charge on any atom is 0.328 e. The van der Waals surface area contributed by atoms with Gasteiger partial charge in [-0.2, -0.15) is 0 Å². The minimum Gasteiger partial charge on any atom is -0.496 e. The molecule has 3 rings (SSSR count). The summed E-state index contributed by atoms with van der Waals surface area (Å²) in [6.45, 7) is 1.96. The van der Waals surface area contributed by atoms with Gasteiger partial charge in [0, 0.05) is 6.08 Å². The van der Waals surface area contributed by atoms with E-state index in [9.17, 15) is 9.90 Å². The van der Waals surface area contributed by atoms with Crippen LogP contribution in [0.3, 0.4) is 0 Å². The smallest absolute Gasteiger partial charge is 0.328 e. The van der Waals surface area contributed by atoms with Gasteiger partial charge in [0.05, 0.1) is 7.11 Å². The second kappa shape index (κ2) is 7.70. The van der Waals surface area contributed by atoms with Crippen LogP contribution in [-0.2, 0) is 4.79 Å². The van der Waals surface area contributed by atoms with E-state index < -0.39 is 5.97 Å². The molecule has 3 nitrogen and oxygen atoms in total. The summed E-state index contributed by atoms with van der Waals surface area (Å²) in [7, 11) is 1.61. The highest BCUT2D eigenvalue weighted by Crippen LogP contribution is 2.30. The van der Waals surface area contributed by atoms with Crippen molar-refractivity contribution < 1.29 is 14.6 Å². The summed E-state index contributed by atoms with van der Waals surface area (Å²) in [5.41, 5.74) is 5.52. The van der Waals surface area contributed by atoms with Crippen LogP contribution in [-0.4, -0.2) is 18.2 Å². The maximum absolute atomic E-state index is 11.4. The Morgan fingerprint density at radius 2 is 1.50 bits per heavy atom. The number of carboxylic acid groups (broad SMARTS) is 1. The van der Waals surface area contributed by atoms with Gasteiger partial charge in [-0.15, -0.1) is 0 Å².